The second-order valence-corrected chi connectivity index (χ2v) is 4.49. The molecule has 0 saturated heterocycles. The van der Waals surface area contributed by atoms with Crippen molar-refractivity contribution in [2.45, 2.75) is 13.3 Å². The average molecular weight is 274 g/mol. The van der Waals surface area contributed by atoms with Crippen molar-refractivity contribution >= 4 is 11.4 Å². The van der Waals surface area contributed by atoms with Crippen LogP contribution >= 0.6 is 0 Å². The highest BCUT2D eigenvalue weighted by Crippen LogP contribution is 2.22. The monoisotopic (exact) mass is 274 g/mol. The first-order valence-electron chi connectivity index (χ1n) is 6.69. The summed E-state index contributed by atoms with van der Waals surface area (Å²) >= 11 is 0. The van der Waals surface area contributed by atoms with Gasteiger partial charge in [-0.3, -0.25) is 0 Å². The van der Waals surface area contributed by atoms with E-state index in [2.05, 4.69) is 5.32 Å². The molecule has 0 atom stereocenters. The Kier molecular flexibility index (Phi) is 4.82. The molecule has 0 bridgehead atoms. The Bertz CT molecular complexity index is 572. The molecule has 106 valence electrons. The highest BCUT2D eigenvalue weighted by molar-refractivity contribution is 5.59. The van der Waals surface area contributed by atoms with Crippen LogP contribution in [0.2, 0.25) is 0 Å². The van der Waals surface area contributed by atoms with Gasteiger partial charge in [0.05, 0.1) is 6.61 Å². The van der Waals surface area contributed by atoms with Crippen molar-refractivity contribution in [3.8, 4) is 5.75 Å². The Balaban J connectivity index is 1.95. The highest BCUT2D eigenvalue weighted by atomic mass is 19.1. The van der Waals surface area contributed by atoms with Gasteiger partial charge < -0.3 is 15.8 Å². The molecule has 4 heteroatoms. The molecule has 0 unspecified atom stereocenters. The van der Waals surface area contributed by atoms with E-state index in [1.807, 2.05) is 25.1 Å². The summed E-state index contributed by atoms with van der Waals surface area (Å²) in [7, 11) is 0. The molecule has 2 aromatic carbocycles. The van der Waals surface area contributed by atoms with Crippen LogP contribution in [0.1, 0.15) is 12.5 Å². The Morgan fingerprint density at radius 1 is 1.20 bits per heavy atom. The van der Waals surface area contributed by atoms with Gasteiger partial charge >= 0.3 is 0 Å². The van der Waals surface area contributed by atoms with Crippen LogP contribution in [0.4, 0.5) is 15.8 Å². The molecule has 0 aliphatic carbocycles. The second-order valence-electron chi connectivity index (χ2n) is 4.49. The number of benzene rings is 2. The third-order valence-corrected chi connectivity index (χ3v) is 2.92. The van der Waals surface area contributed by atoms with Crippen LogP contribution in [0.5, 0.6) is 5.75 Å². The lowest BCUT2D eigenvalue weighted by molar-refractivity contribution is 0.340. The van der Waals surface area contributed by atoms with E-state index in [1.54, 1.807) is 18.2 Å². The van der Waals surface area contributed by atoms with Crippen LogP contribution in [-0.2, 0) is 6.42 Å². The minimum atomic E-state index is -0.170. The number of nitrogens with one attached hydrogen (secondary N) is 1. The van der Waals surface area contributed by atoms with Crippen LogP contribution < -0.4 is 15.8 Å². The zero-order valence-electron chi connectivity index (χ0n) is 11.5. The van der Waals surface area contributed by atoms with Crippen molar-refractivity contribution in [1.29, 1.82) is 0 Å². The first kappa shape index (κ1) is 14.2. The van der Waals surface area contributed by atoms with E-state index in [0.717, 1.165) is 11.4 Å². The smallest absolute Gasteiger partial charge is 0.126 e. The van der Waals surface area contributed by atoms with Gasteiger partial charge in [0.1, 0.15) is 11.6 Å². The molecule has 2 rings (SSSR count). The number of ether oxygens (including phenoxy) is 1. The van der Waals surface area contributed by atoms with E-state index < -0.39 is 0 Å². The molecule has 3 N–H and O–H groups in total. The van der Waals surface area contributed by atoms with E-state index in [1.165, 1.54) is 6.07 Å². The molecule has 0 saturated carbocycles. The van der Waals surface area contributed by atoms with Crippen LogP contribution in [0, 0.1) is 5.82 Å². The quantitative estimate of drug-likeness (QED) is 0.793. The lowest BCUT2D eigenvalue weighted by atomic mass is 10.1. The first-order valence-corrected chi connectivity index (χ1v) is 6.69. The molecule has 0 aromatic heterocycles. The molecule has 0 spiro atoms. The summed E-state index contributed by atoms with van der Waals surface area (Å²) in [6.07, 6.45) is 0.617. The van der Waals surface area contributed by atoms with Gasteiger partial charge in [0.2, 0.25) is 0 Å². The number of anilines is 2. The molecule has 2 aromatic rings. The Morgan fingerprint density at radius 2 is 2.00 bits per heavy atom. The zero-order chi connectivity index (χ0) is 14.4. The minimum Gasteiger partial charge on any atom is -0.494 e. The first-order chi connectivity index (χ1) is 9.69. The molecular formula is C16H19FN2O. The van der Waals surface area contributed by atoms with Gasteiger partial charge in [0, 0.05) is 30.1 Å². The summed E-state index contributed by atoms with van der Waals surface area (Å²) in [6, 6.07) is 12.3. The summed E-state index contributed by atoms with van der Waals surface area (Å²) < 4.78 is 18.9. The summed E-state index contributed by atoms with van der Waals surface area (Å²) in [4.78, 5) is 0. The number of hydrogen-bond acceptors (Lipinski definition) is 3. The number of nitrogens with two attached hydrogens (primary N) is 1. The fraction of sp³-hybridized carbons (Fsp3) is 0.250. The van der Waals surface area contributed by atoms with Gasteiger partial charge in [-0.25, -0.2) is 4.39 Å². The molecule has 0 amide bonds. The van der Waals surface area contributed by atoms with Gasteiger partial charge in [-0.2, -0.15) is 0 Å². The number of halogens is 1. The van der Waals surface area contributed by atoms with E-state index in [0.29, 0.717) is 30.8 Å². The maximum atomic E-state index is 13.5. The van der Waals surface area contributed by atoms with Crippen LogP contribution in [0.3, 0.4) is 0 Å². The van der Waals surface area contributed by atoms with E-state index in [-0.39, 0.29) is 5.82 Å². The van der Waals surface area contributed by atoms with E-state index in [4.69, 9.17) is 10.5 Å². The SMILES string of the molecule is CCOc1cc(N)cc(NCCc2ccccc2F)c1. The van der Waals surface area contributed by atoms with Crippen LogP contribution in [0.25, 0.3) is 0 Å². The maximum absolute atomic E-state index is 13.5. The normalized spacial score (nSPS) is 10.3. The van der Waals surface area contributed by atoms with Crippen LogP contribution in [0.15, 0.2) is 42.5 Å². The lowest BCUT2D eigenvalue weighted by Crippen LogP contribution is -2.06. The topological polar surface area (TPSA) is 47.3 Å². The van der Waals surface area contributed by atoms with Gasteiger partial charge in [-0.05, 0) is 31.0 Å². The van der Waals surface area contributed by atoms with Crippen molar-refractivity contribution in [2.24, 2.45) is 0 Å². The Hall–Kier alpha value is -2.23. The van der Waals surface area contributed by atoms with Gasteiger partial charge in [-0.15, -0.1) is 0 Å². The van der Waals surface area contributed by atoms with Crippen molar-refractivity contribution in [2.75, 3.05) is 24.2 Å². The standard InChI is InChI=1S/C16H19FN2O/c1-2-20-15-10-13(18)9-14(11-15)19-8-7-12-5-3-4-6-16(12)17/h3-6,9-11,19H,2,7-8,18H2,1H3. The Labute approximate surface area is 118 Å². The maximum Gasteiger partial charge on any atom is 0.126 e. The van der Waals surface area contributed by atoms with Gasteiger partial charge in [-0.1, -0.05) is 18.2 Å². The summed E-state index contributed by atoms with van der Waals surface area (Å²) in [5, 5.41) is 3.23. The largest absolute Gasteiger partial charge is 0.494 e. The van der Waals surface area contributed by atoms with Crippen LogP contribution in [-0.4, -0.2) is 13.2 Å². The fourth-order valence-corrected chi connectivity index (χ4v) is 2.02. The molecular weight excluding hydrogens is 255 g/mol. The molecule has 0 aliphatic heterocycles. The number of hydrogen-bond donors (Lipinski definition) is 2. The van der Waals surface area contributed by atoms with Crippen molar-refractivity contribution < 1.29 is 9.13 Å². The fourth-order valence-electron chi connectivity index (χ4n) is 2.02. The average Bonchev–Trinajstić information content (AvgIpc) is 2.41. The summed E-state index contributed by atoms with van der Waals surface area (Å²) in [6.45, 7) is 3.16. The lowest BCUT2D eigenvalue weighted by Gasteiger charge is -2.10. The number of nitrogen functional groups attached to an aromatic ring is 1. The van der Waals surface area contributed by atoms with Crippen molar-refractivity contribution in [3.05, 3.63) is 53.8 Å². The van der Waals surface area contributed by atoms with Gasteiger partial charge in [0.25, 0.3) is 0 Å². The van der Waals surface area contributed by atoms with Gasteiger partial charge in [0.15, 0.2) is 0 Å². The predicted molar refractivity (Wildman–Crippen MR) is 80.6 cm³/mol. The Morgan fingerprint density at radius 3 is 2.75 bits per heavy atom. The van der Waals surface area contributed by atoms with E-state index in [9.17, 15) is 4.39 Å². The van der Waals surface area contributed by atoms with Crippen molar-refractivity contribution in [3.63, 3.8) is 0 Å². The molecule has 3 nitrogen and oxygen atoms in total. The molecule has 0 aliphatic rings. The zero-order valence-corrected chi connectivity index (χ0v) is 11.5. The number of rotatable bonds is 6. The second kappa shape index (κ2) is 6.80. The third-order valence-electron chi connectivity index (χ3n) is 2.92. The van der Waals surface area contributed by atoms with Crippen molar-refractivity contribution in [1.82, 2.24) is 0 Å². The third kappa shape index (κ3) is 3.88. The molecule has 20 heavy (non-hydrogen) atoms. The minimum absolute atomic E-state index is 0.170. The van der Waals surface area contributed by atoms with E-state index >= 15 is 0 Å². The summed E-state index contributed by atoms with van der Waals surface area (Å²) in [5.74, 6) is 0.567. The highest BCUT2D eigenvalue weighted by Gasteiger charge is 2.02. The molecule has 0 heterocycles. The summed E-state index contributed by atoms with van der Waals surface area (Å²) in [5.41, 5.74) is 8.04. The molecule has 0 fully saturated rings. The predicted octanol–water partition coefficient (Wildman–Crippen LogP) is 3.46. The molecule has 0 radical (unpaired) electrons.